The van der Waals surface area contributed by atoms with Crippen LogP contribution < -0.4 is 4.90 Å². The first-order valence-corrected chi connectivity index (χ1v) is 11.9. The maximum Gasteiger partial charge on any atom is 0.139 e. The zero-order valence-corrected chi connectivity index (χ0v) is 19.0. The second-order valence-electron chi connectivity index (χ2n) is 9.12. The maximum absolute atomic E-state index is 6.26. The summed E-state index contributed by atoms with van der Waals surface area (Å²) >= 11 is 4.53. The predicted molar refractivity (Wildman–Crippen MR) is 142 cm³/mol. The number of fused-ring (bicyclic) bond motifs is 9. The average Bonchev–Trinajstić information content (AvgIpc) is 3.51. The first-order chi connectivity index (χ1) is 16.7. The van der Waals surface area contributed by atoms with Crippen molar-refractivity contribution < 1.29 is 8.83 Å². The number of allylic oxidation sites excluding steroid dienone is 2. The molecule has 3 nitrogen and oxygen atoms in total. The molecule has 1 aliphatic heterocycles. The van der Waals surface area contributed by atoms with E-state index in [0.29, 0.717) is 5.92 Å². The van der Waals surface area contributed by atoms with Crippen LogP contribution in [0.3, 0.4) is 0 Å². The van der Waals surface area contributed by atoms with Crippen LogP contribution in [0.5, 0.6) is 0 Å². The molecule has 0 fully saturated rings. The van der Waals surface area contributed by atoms with Crippen molar-refractivity contribution in [1.29, 1.82) is 0 Å². The lowest BCUT2D eigenvalue weighted by atomic mass is 9.91. The lowest BCUT2D eigenvalue weighted by Gasteiger charge is -2.28. The standard InChI is InChI=1S/C30H19NO2S/c34-18-10-12-28-22(14-18)24-15-23-21-13-17(9-11-27(21)32-29(23)16-30(24)33-28)31-25-7-3-1-5-19(25)20-6-2-4-8-26(20)31/h1-16,19,25,34H. The summed E-state index contributed by atoms with van der Waals surface area (Å²) in [5.41, 5.74) is 7.23. The van der Waals surface area contributed by atoms with E-state index in [0.717, 1.165) is 48.8 Å². The summed E-state index contributed by atoms with van der Waals surface area (Å²) in [6, 6.07) is 25.7. The van der Waals surface area contributed by atoms with Crippen LogP contribution >= 0.6 is 12.6 Å². The quantitative estimate of drug-likeness (QED) is 0.251. The van der Waals surface area contributed by atoms with E-state index in [9.17, 15) is 0 Å². The van der Waals surface area contributed by atoms with Gasteiger partial charge in [-0.3, -0.25) is 0 Å². The van der Waals surface area contributed by atoms with E-state index >= 15 is 0 Å². The Kier molecular flexibility index (Phi) is 3.59. The lowest BCUT2D eigenvalue weighted by Crippen LogP contribution is -2.28. The molecular weight excluding hydrogens is 438 g/mol. The van der Waals surface area contributed by atoms with Crippen LogP contribution in [-0.4, -0.2) is 6.04 Å². The fourth-order valence-electron chi connectivity index (χ4n) is 5.76. The van der Waals surface area contributed by atoms with E-state index in [2.05, 4.69) is 96.4 Å². The molecular formula is C30H19NO2S. The van der Waals surface area contributed by atoms with Gasteiger partial charge in [-0.2, -0.15) is 0 Å². The van der Waals surface area contributed by atoms with Crippen molar-refractivity contribution in [2.45, 2.75) is 16.9 Å². The van der Waals surface area contributed by atoms with Crippen LogP contribution in [-0.2, 0) is 0 Å². The molecule has 34 heavy (non-hydrogen) atoms. The Morgan fingerprint density at radius 1 is 0.647 bits per heavy atom. The highest BCUT2D eigenvalue weighted by Gasteiger charge is 2.37. The molecule has 2 atom stereocenters. The van der Waals surface area contributed by atoms with Crippen molar-refractivity contribution in [3.05, 3.63) is 103 Å². The summed E-state index contributed by atoms with van der Waals surface area (Å²) in [6.45, 7) is 0. The minimum atomic E-state index is 0.274. The number of para-hydroxylation sites is 1. The molecule has 3 heterocycles. The van der Waals surface area contributed by atoms with E-state index in [1.807, 2.05) is 18.2 Å². The number of thiol groups is 1. The SMILES string of the molecule is Sc1ccc2oc3cc4oc5ccc(N6c7ccccc7C7C=CC=CC76)cc5c4cc3c2c1. The number of hydrogen-bond acceptors (Lipinski definition) is 4. The van der Waals surface area contributed by atoms with Gasteiger partial charge >= 0.3 is 0 Å². The highest BCUT2D eigenvalue weighted by atomic mass is 32.1. The number of anilines is 2. The predicted octanol–water partition coefficient (Wildman–Crippen LogP) is 8.50. The van der Waals surface area contributed by atoms with Gasteiger partial charge in [0.25, 0.3) is 0 Å². The highest BCUT2D eigenvalue weighted by Crippen LogP contribution is 2.48. The lowest BCUT2D eigenvalue weighted by molar-refractivity contribution is 0.656. The number of rotatable bonds is 1. The molecule has 2 aromatic heterocycles. The van der Waals surface area contributed by atoms with Crippen molar-refractivity contribution in [2.24, 2.45) is 0 Å². The van der Waals surface area contributed by atoms with E-state index in [4.69, 9.17) is 8.83 Å². The fourth-order valence-corrected chi connectivity index (χ4v) is 5.97. The summed E-state index contributed by atoms with van der Waals surface area (Å²) in [5, 5.41) is 4.37. The molecule has 8 rings (SSSR count). The number of furan rings is 2. The highest BCUT2D eigenvalue weighted by molar-refractivity contribution is 7.80. The van der Waals surface area contributed by atoms with Gasteiger partial charge in [0.15, 0.2) is 0 Å². The van der Waals surface area contributed by atoms with Crippen molar-refractivity contribution >= 4 is 67.9 Å². The second kappa shape index (κ2) is 6.58. The Labute approximate surface area is 201 Å². The molecule has 2 unspecified atom stereocenters. The van der Waals surface area contributed by atoms with Crippen LogP contribution in [0.15, 0.2) is 111 Å². The van der Waals surface area contributed by atoms with E-state index in [1.165, 1.54) is 16.9 Å². The Morgan fingerprint density at radius 3 is 2.21 bits per heavy atom. The molecule has 0 saturated heterocycles. The van der Waals surface area contributed by atoms with Crippen molar-refractivity contribution in [3.63, 3.8) is 0 Å². The van der Waals surface area contributed by atoms with E-state index in [-0.39, 0.29) is 6.04 Å². The van der Waals surface area contributed by atoms with Gasteiger partial charge in [0.1, 0.15) is 22.3 Å². The second-order valence-corrected chi connectivity index (χ2v) is 9.64. The van der Waals surface area contributed by atoms with Gasteiger partial charge in [0.05, 0.1) is 6.04 Å². The maximum atomic E-state index is 6.26. The zero-order valence-electron chi connectivity index (χ0n) is 18.1. The van der Waals surface area contributed by atoms with Gasteiger partial charge in [0.2, 0.25) is 0 Å². The Balaban J connectivity index is 1.37. The summed E-state index contributed by atoms with van der Waals surface area (Å²) in [4.78, 5) is 3.38. The van der Waals surface area contributed by atoms with Crippen LogP contribution in [0.1, 0.15) is 11.5 Å². The molecule has 4 aromatic carbocycles. The van der Waals surface area contributed by atoms with Crippen LogP contribution in [0.25, 0.3) is 43.9 Å². The van der Waals surface area contributed by atoms with Crippen molar-refractivity contribution in [1.82, 2.24) is 0 Å². The van der Waals surface area contributed by atoms with Gasteiger partial charge < -0.3 is 13.7 Å². The normalized spacial score (nSPS) is 19.0. The Bertz CT molecular complexity index is 1850. The summed E-state index contributed by atoms with van der Waals surface area (Å²) in [5.74, 6) is 0.366. The third-order valence-corrected chi connectivity index (χ3v) is 7.54. The minimum Gasteiger partial charge on any atom is -0.456 e. The molecule has 0 amide bonds. The smallest absolute Gasteiger partial charge is 0.139 e. The monoisotopic (exact) mass is 457 g/mol. The van der Waals surface area contributed by atoms with Crippen molar-refractivity contribution in [2.75, 3.05) is 4.90 Å². The largest absolute Gasteiger partial charge is 0.456 e. The van der Waals surface area contributed by atoms with Crippen LogP contribution in [0.4, 0.5) is 11.4 Å². The van der Waals surface area contributed by atoms with Crippen molar-refractivity contribution in [3.8, 4) is 0 Å². The molecule has 0 saturated carbocycles. The molecule has 2 aliphatic rings. The molecule has 4 heteroatoms. The van der Waals surface area contributed by atoms with Gasteiger partial charge in [-0.1, -0.05) is 42.5 Å². The Hall–Kier alpha value is -3.89. The number of nitrogens with zero attached hydrogens (tertiary/aromatic N) is 1. The summed E-state index contributed by atoms with van der Waals surface area (Å²) < 4.78 is 12.4. The van der Waals surface area contributed by atoms with Gasteiger partial charge in [-0.15, -0.1) is 12.6 Å². The molecule has 6 aromatic rings. The molecule has 1 aliphatic carbocycles. The molecule has 0 radical (unpaired) electrons. The molecule has 0 N–H and O–H groups in total. The molecule has 0 bridgehead atoms. The molecule has 0 spiro atoms. The average molecular weight is 458 g/mol. The van der Waals surface area contributed by atoms with Crippen LogP contribution in [0, 0.1) is 0 Å². The zero-order chi connectivity index (χ0) is 22.4. The first kappa shape index (κ1) is 18.5. The van der Waals surface area contributed by atoms with E-state index < -0.39 is 0 Å². The summed E-state index contributed by atoms with van der Waals surface area (Å²) in [7, 11) is 0. The third kappa shape index (κ3) is 2.44. The molecule has 162 valence electrons. The van der Waals surface area contributed by atoms with Gasteiger partial charge in [-0.25, -0.2) is 0 Å². The number of benzene rings is 4. The summed E-state index contributed by atoms with van der Waals surface area (Å²) in [6.07, 6.45) is 8.93. The first-order valence-electron chi connectivity index (χ1n) is 11.5. The van der Waals surface area contributed by atoms with Crippen LogP contribution in [0.2, 0.25) is 0 Å². The Morgan fingerprint density at radius 2 is 1.35 bits per heavy atom. The topological polar surface area (TPSA) is 29.5 Å². The van der Waals surface area contributed by atoms with Gasteiger partial charge in [0, 0.05) is 49.8 Å². The fraction of sp³-hybridized carbons (Fsp3) is 0.0667. The minimum absolute atomic E-state index is 0.274. The number of hydrogen-bond donors (Lipinski definition) is 1. The van der Waals surface area contributed by atoms with E-state index in [1.54, 1.807) is 0 Å². The third-order valence-electron chi connectivity index (χ3n) is 7.27. The van der Waals surface area contributed by atoms with Gasteiger partial charge in [-0.05, 0) is 54.1 Å².